The molecule has 0 amide bonds. The monoisotopic (exact) mass is 408 g/mol. The Hall–Kier alpha value is -3.02. The van der Waals surface area contributed by atoms with Crippen LogP contribution in [0.5, 0.6) is 0 Å². The maximum absolute atomic E-state index is 11.9. The fourth-order valence-electron chi connectivity index (χ4n) is 3.70. The fraction of sp³-hybridized carbons (Fsp3) is 0.107. The molecule has 0 spiro atoms. The summed E-state index contributed by atoms with van der Waals surface area (Å²) < 4.78 is 0. The number of carbonyl (C=O) groups excluding carboxylic acids is 1. The third-order valence-corrected chi connectivity index (χ3v) is 7.98. The van der Waals surface area contributed by atoms with Gasteiger partial charge in [-0.05, 0) is 47.4 Å². The number of rotatable bonds is 6. The van der Waals surface area contributed by atoms with Gasteiger partial charge in [0, 0.05) is 5.92 Å². The van der Waals surface area contributed by atoms with Crippen molar-refractivity contribution in [2.24, 2.45) is 0 Å². The highest BCUT2D eigenvalue weighted by molar-refractivity contribution is 7.80. The van der Waals surface area contributed by atoms with Crippen LogP contribution < -0.4 is 15.9 Å². The Bertz CT molecular complexity index is 1100. The topological polar surface area (TPSA) is 17.1 Å². The molecule has 0 aliphatic rings. The van der Waals surface area contributed by atoms with Crippen LogP contribution in [-0.4, -0.2) is 5.78 Å². The first-order valence-electron chi connectivity index (χ1n) is 10.2. The van der Waals surface area contributed by atoms with E-state index in [9.17, 15) is 4.79 Å². The van der Waals surface area contributed by atoms with Gasteiger partial charge in [0.2, 0.25) is 0 Å². The van der Waals surface area contributed by atoms with Gasteiger partial charge in [-0.25, -0.2) is 0 Å². The highest BCUT2D eigenvalue weighted by atomic mass is 31.1. The van der Waals surface area contributed by atoms with Gasteiger partial charge >= 0.3 is 0 Å². The second-order valence-electron chi connectivity index (χ2n) is 7.48. The fourth-order valence-corrected chi connectivity index (χ4v) is 6.18. The van der Waals surface area contributed by atoms with E-state index >= 15 is 0 Å². The lowest BCUT2D eigenvalue weighted by Crippen LogP contribution is -2.22. The van der Waals surface area contributed by atoms with Gasteiger partial charge in [0.15, 0.2) is 0 Å². The van der Waals surface area contributed by atoms with Gasteiger partial charge in [0.25, 0.3) is 0 Å². The Morgan fingerprint density at radius 1 is 0.700 bits per heavy atom. The van der Waals surface area contributed by atoms with Crippen LogP contribution in [0.1, 0.15) is 25.3 Å². The van der Waals surface area contributed by atoms with Crippen LogP contribution in [0, 0.1) is 0 Å². The summed E-state index contributed by atoms with van der Waals surface area (Å²) in [6.45, 7) is 3.64. The van der Waals surface area contributed by atoms with E-state index in [-0.39, 0.29) is 11.7 Å². The smallest absolute Gasteiger partial charge is 0.136 e. The van der Waals surface area contributed by atoms with Crippen LogP contribution in [0.4, 0.5) is 0 Å². The van der Waals surface area contributed by atoms with E-state index in [1.54, 1.807) is 6.92 Å². The molecule has 4 aromatic carbocycles. The Morgan fingerprint density at radius 2 is 1.27 bits per heavy atom. The van der Waals surface area contributed by atoms with Gasteiger partial charge in [0.1, 0.15) is 5.78 Å². The first kappa shape index (κ1) is 20.3. The predicted molar refractivity (Wildman–Crippen MR) is 130 cm³/mol. The molecule has 0 unspecified atom stereocenters. The number of benzene rings is 4. The van der Waals surface area contributed by atoms with Crippen molar-refractivity contribution >= 4 is 29.6 Å². The quantitative estimate of drug-likeness (QED) is 0.368. The van der Waals surface area contributed by atoms with E-state index < -0.39 is 7.92 Å². The van der Waals surface area contributed by atoms with Crippen molar-refractivity contribution in [2.45, 2.75) is 19.8 Å². The van der Waals surface area contributed by atoms with E-state index in [2.05, 4.69) is 109 Å². The number of carbonyl (C=O) groups is 1. The van der Waals surface area contributed by atoms with Crippen LogP contribution in [-0.2, 0) is 4.79 Å². The molecule has 4 aromatic rings. The summed E-state index contributed by atoms with van der Waals surface area (Å²) in [5, 5.41) is 4.00. The highest BCUT2D eigenvalue weighted by Gasteiger charge is 2.20. The molecule has 0 aliphatic heterocycles. The summed E-state index contributed by atoms with van der Waals surface area (Å²) in [6.07, 6.45) is 0. The number of hydrogen-bond donors (Lipinski definition) is 0. The van der Waals surface area contributed by atoms with Gasteiger partial charge in [0.05, 0.1) is 0 Å². The first-order valence-corrected chi connectivity index (χ1v) is 11.6. The van der Waals surface area contributed by atoms with Crippen LogP contribution in [0.3, 0.4) is 0 Å². The van der Waals surface area contributed by atoms with Crippen LogP contribution in [0.25, 0.3) is 11.1 Å². The minimum Gasteiger partial charge on any atom is -0.299 e. The summed E-state index contributed by atoms with van der Waals surface area (Å²) in [6, 6.07) is 38.6. The van der Waals surface area contributed by atoms with Gasteiger partial charge in [-0.1, -0.05) is 116 Å². The number of ketones is 1. The molecule has 4 rings (SSSR count). The van der Waals surface area contributed by atoms with Crippen LogP contribution >= 0.6 is 7.92 Å². The minimum atomic E-state index is -0.695. The van der Waals surface area contributed by atoms with Gasteiger partial charge in [-0.15, -0.1) is 0 Å². The number of hydrogen-bond acceptors (Lipinski definition) is 1. The maximum Gasteiger partial charge on any atom is 0.136 e. The van der Waals surface area contributed by atoms with Crippen molar-refractivity contribution in [2.75, 3.05) is 0 Å². The Labute approximate surface area is 180 Å². The standard InChI is InChI=1S/C28H25OP/c1-21(22(2)29)23-12-11-13-24(20-23)27-18-9-10-19-28(27)30(25-14-5-3-6-15-25)26-16-7-4-8-17-26/h3-21H,1-2H3/t21-/m1/s1. The molecule has 0 saturated heterocycles. The van der Waals surface area contributed by atoms with E-state index in [1.807, 2.05) is 6.92 Å². The lowest BCUT2D eigenvalue weighted by Gasteiger charge is -2.23. The van der Waals surface area contributed by atoms with Crippen molar-refractivity contribution in [3.05, 3.63) is 115 Å². The highest BCUT2D eigenvalue weighted by Crippen LogP contribution is 2.37. The Kier molecular flexibility index (Phi) is 6.21. The normalized spacial score (nSPS) is 12.0. The molecule has 148 valence electrons. The predicted octanol–water partition coefficient (Wildman–Crippen LogP) is 5.80. The van der Waals surface area contributed by atoms with E-state index in [4.69, 9.17) is 0 Å². The second kappa shape index (κ2) is 9.20. The Morgan fingerprint density at radius 3 is 1.87 bits per heavy atom. The summed E-state index contributed by atoms with van der Waals surface area (Å²) >= 11 is 0. The molecule has 0 aliphatic carbocycles. The zero-order valence-electron chi connectivity index (χ0n) is 17.3. The van der Waals surface area contributed by atoms with Crippen molar-refractivity contribution < 1.29 is 4.79 Å². The van der Waals surface area contributed by atoms with Crippen molar-refractivity contribution in [1.29, 1.82) is 0 Å². The maximum atomic E-state index is 11.9. The molecule has 0 aromatic heterocycles. The zero-order valence-corrected chi connectivity index (χ0v) is 18.2. The molecular weight excluding hydrogens is 383 g/mol. The third-order valence-electron chi connectivity index (χ3n) is 5.48. The average Bonchev–Trinajstić information content (AvgIpc) is 2.80. The molecule has 0 saturated carbocycles. The van der Waals surface area contributed by atoms with Crippen molar-refractivity contribution in [1.82, 2.24) is 0 Å². The van der Waals surface area contributed by atoms with E-state index in [0.717, 1.165) is 11.1 Å². The molecule has 0 radical (unpaired) electrons. The SMILES string of the molecule is CC(=O)[C@@H](C)c1cccc(-c2ccccc2P(c2ccccc2)c2ccccc2)c1. The minimum absolute atomic E-state index is 0.0955. The van der Waals surface area contributed by atoms with Gasteiger partial charge < -0.3 is 0 Å². The second-order valence-corrected chi connectivity index (χ2v) is 9.67. The average molecular weight is 408 g/mol. The molecular formula is C28H25OP. The largest absolute Gasteiger partial charge is 0.299 e. The Balaban J connectivity index is 1.88. The van der Waals surface area contributed by atoms with Crippen molar-refractivity contribution in [3.8, 4) is 11.1 Å². The van der Waals surface area contributed by atoms with E-state index in [1.165, 1.54) is 21.5 Å². The lowest BCUT2D eigenvalue weighted by molar-refractivity contribution is -0.118. The zero-order chi connectivity index (χ0) is 20.9. The molecule has 0 N–H and O–H groups in total. The number of Topliss-reactive ketones (excluding diaryl/α,β-unsaturated/α-hetero) is 1. The van der Waals surface area contributed by atoms with E-state index in [0.29, 0.717) is 0 Å². The van der Waals surface area contributed by atoms with Crippen LogP contribution in [0.2, 0.25) is 0 Å². The first-order chi connectivity index (χ1) is 14.6. The molecule has 1 nitrogen and oxygen atoms in total. The molecule has 2 heteroatoms. The summed E-state index contributed by atoms with van der Waals surface area (Å²) in [7, 11) is -0.695. The molecule has 1 atom stereocenters. The third kappa shape index (κ3) is 4.27. The summed E-state index contributed by atoms with van der Waals surface area (Å²) in [4.78, 5) is 11.9. The molecule has 0 heterocycles. The molecule has 0 fully saturated rings. The summed E-state index contributed by atoms with van der Waals surface area (Å²) in [5.74, 6) is 0.0955. The van der Waals surface area contributed by atoms with Crippen LogP contribution in [0.15, 0.2) is 109 Å². The van der Waals surface area contributed by atoms with Crippen molar-refractivity contribution in [3.63, 3.8) is 0 Å². The summed E-state index contributed by atoms with van der Waals surface area (Å²) in [5.41, 5.74) is 3.46. The molecule has 30 heavy (non-hydrogen) atoms. The van der Waals surface area contributed by atoms with Gasteiger partial charge in [-0.3, -0.25) is 4.79 Å². The van der Waals surface area contributed by atoms with Gasteiger partial charge in [-0.2, -0.15) is 0 Å². The lowest BCUT2D eigenvalue weighted by atomic mass is 9.94. The molecule has 0 bridgehead atoms.